The predicted octanol–water partition coefficient (Wildman–Crippen LogP) is 6.86. The van der Waals surface area contributed by atoms with Crippen LogP contribution in [0.2, 0.25) is 0 Å². The number of halogens is 1. The van der Waals surface area contributed by atoms with Crippen LogP contribution < -0.4 is 5.32 Å². The summed E-state index contributed by atoms with van der Waals surface area (Å²) < 4.78 is 1.08. The Morgan fingerprint density at radius 2 is 1.57 bits per heavy atom. The lowest BCUT2D eigenvalue weighted by Crippen LogP contribution is -2.11. The van der Waals surface area contributed by atoms with Gasteiger partial charge in [-0.15, -0.1) is 0 Å². The van der Waals surface area contributed by atoms with Gasteiger partial charge in [0.1, 0.15) is 5.82 Å². The van der Waals surface area contributed by atoms with Gasteiger partial charge in [0.05, 0.1) is 11.2 Å². The molecule has 4 aromatic rings. The number of rotatable bonds is 4. The summed E-state index contributed by atoms with van der Waals surface area (Å²) in [5.74, 6) is 0.921. The minimum absolute atomic E-state index is 0.358. The Kier molecular flexibility index (Phi) is 5.14. The maximum absolute atomic E-state index is 4.74. The van der Waals surface area contributed by atoms with Crippen LogP contribution in [0.25, 0.3) is 33.3 Å². The summed E-state index contributed by atoms with van der Waals surface area (Å²) in [7, 11) is 0. The maximum atomic E-state index is 4.74. The van der Waals surface area contributed by atoms with Gasteiger partial charge in [-0.2, -0.15) is 0 Å². The molecule has 0 aliphatic carbocycles. The van der Waals surface area contributed by atoms with Crippen molar-refractivity contribution >= 4 is 32.7 Å². The number of nitrogens with one attached hydrogen (secondary N) is 1. The number of anilines is 1. The second-order valence-corrected chi connectivity index (χ2v) is 8.21. The Labute approximate surface area is 174 Å². The highest BCUT2D eigenvalue weighted by Gasteiger charge is 2.07. The Bertz CT molecular complexity index is 1120. The van der Waals surface area contributed by atoms with Crippen molar-refractivity contribution in [2.75, 3.05) is 5.32 Å². The molecule has 2 aromatic carbocycles. The Hall–Kier alpha value is -2.72. The quantitative estimate of drug-likeness (QED) is 0.383. The van der Waals surface area contributed by atoms with Gasteiger partial charge in [0, 0.05) is 33.2 Å². The zero-order valence-electron chi connectivity index (χ0n) is 16.2. The summed E-state index contributed by atoms with van der Waals surface area (Å²) in [5.41, 5.74) is 6.54. The fraction of sp³-hybridized carbons (Fsp3) is 0.167. The fourth-order valence-electron chi connectivity index (χ4n) is 3.30. The molecule has 2 aromatic heterocycles. The molecule has 4 heteroatoms. The van der Waals surface area contributed by atoms with Crippen molar-refractivity contribution in [1.82, 2.24) is 9.97 Å². The number of nitrogens with zero attached hydrogens (tertiary/aromatic N) is 2. The van der Waals surface area contributed by atoms with Gasteiger partial charge in [0.25, 0.3) is 0 Å². The van der Waals surface area contributed by atoms with Crippen molar-refractivity contribution in [2.24, 2.45) is 0 Å². The lowest BCUT2D eigenvalue weighted by Gasteiger charge is -2.12. The highest BCUT2D eigenvalue weighted by Crippen LogP contribution is 2.28. The minimum atomic E-state index is 0.358. The van der Waals surface area contributed by atoms with Gasteiger partial charge in [-0.3, -0.25) is 4.98 Å². The molecule has 0 amide bonds. The number of hydrogen-bond donors (Lipinski definition) is 1. The van der Waals surface area contributed by atoms with Gasteiger partial charge in [-0.25, -0.2) is 4.98 Å². The molecule has 0 radical (unpaired) electrons. The van der Waals surface area contributed by atoms with Gasteiger partial charge < -0.3 is 5.32 Å². The van der Waals surface area contributed by atoms with Crippen molar-refractivity contribution < 1.29 is 0 Å². The number of fused-ring (bicyclic) bond motifs is 1. The van der Waals surface area contributed by atoms with E-state index in [-0.39, 0.29) is 0 Å². The number of aromatic nitrogens is 2. The number of hydrogen-bond acceptors (Lipinski definition) is 3. The first-order chi connectivity index (χ1) is 13.5. The molecule has 2 heterocycles. The van der Waals surface area contributed by atoms with Crippen molar-refractivity contribution in [2.45, 2.75) is 26.8 Å². The van der Waals surface area contributed by atoms with E-state index >= 15 is 0 Å². The van der Waals surface area contributed by atoms with Crippen molar-refractivity contribution in [3.05, 3.63) is 76.9 Å². The van der Waals surface area contributed by atoms with E-state index < -0.39 is 0 Å². The van der Waals surface area contributed by atoms with E-state index in [4.69, 9.17) is 9.97 Å². The largest absolute Gasteiger partial charge is 0.368 e. The van der Waals surface area contributed by atoms with E-state index in [0.717, 1.165) is 43.6 Å². The second kappa shape index (κ2) is 7.72. The van der Waals surface area contributed by atoms with Crippen LogP contribution in [-0.4, -0.2) is 16.0 Å². The molecule has 0 atom stereocenters. The predicted molar refractivity (Wildman–Crippen MR) is 122 cm³/mol. The average molecular weight is 432 g/mol. The monoisotopic (exact) mass is 431 g/mol. The van der Waals surface area contributed by atoms with Gasteiger partial charge in [0.15, 0.2) is 0 Å². The van der Waals surface area contributed by atoms with Crippen LogP contribution in [0.15, 0.2) is 71.3 Å². The molecule has 0 unspecified atom stereocenters. The topological polar surface area (TPSA) is 37.8 Å². The summed E-state index contributed by atoms with van der Waals surface area (Å²) >= 11 is 3.48. The van der Waals surface area contributed by atoms with E-state index in [9.17, 15) is 0 Å². The third-order valence-corrected chi connectivity index (χ3v) is 5.22. The van der Waals surface area contributed by atoms with Crippen molar-refractivity contribution in [3.63, 3.8) is 0 Å². The van der Waals surface area contributed by atoms with Crippen LogP contribution >= 0.6 is 15.9 Å². The SMILES string of the molecule is Cc1cc(NC(C)C)nc2ccc(-c3ccc(-c4ccc(Br)cc4)cn3)cc12. The Morgan fingerprint density at radius 3 is 2.25 bits per heavy atom. The molecule has 0 saturated heterocycles. The van der Waals surface area contributed by atoms with E-state index in [0.29, 0.717) is 6.04 Å². The highest BCUT2D eigenvalue weighted by molar-refractivity contribution is 9.10. The lowest BCUT2D eigenvalue weighted by atomic mass is 10.0. The molecule has 28 heavy (non-hydrogen) atoms. The Morgan fingerprint density at radius 1 is 0.857 bits per heavy atom. The van der Waals surface area contributed by atoms with Gasteiger partial charge in [0.2, 0.25) is 0 Å². The number of benzene rings is 2. The van der Waals surface area contributed by atoms with Crippen LogP contribution in [0.5, 0.6) is 0 Å². The van der Waals surface area contributed by atoms with E-state index in [1.165, 1.54) is 5.56 Å². The molecule has 3 nitrogen and oxygen atoms in total. The maximum Gasteiger partial charge on any atom is 0.127 e. The number of aryl methyl sites for hydroxylation is 1. The minimum Gasteiger partial charge on any atom is -0.368 e. The molecular formula is C24H22BrN3. The molecule has 0 spiro atoms. The van der Waals surface area contributed by atoms with Crippen LogP contribution in [0.1, 0.15) is 19.4 Å². The second-order valence-electron chi connectivity index (χ2n) is 7.29. The van der Waals surface area contributed by atoms with Crippen molar-refractivity contribution in [3.8, 4) is 22.4 Å². The third-order valence-electron chi connectivity index (χ3n) is 4.69. The molecule has 0 saturated carbocycles. The fourth-order valence-corrected chi connectivity index (χ4v) is 3.57. The number of pyridine rings is 2. The van der Waals surface area contributed by atoms with E-state index in [1.807, 2.05) is 18.3 Å². The molecule has 0 bridgehead atoms. The first-order valence-corrected chi connectivity index (χ1v) is 10.2. The van der Waals surface area contributed by atoms with E-state index in [1.54, 1.807) is 0 Å². The summed E-state index contributed by atoms with van der Waals surface area (Å²) in [4.78, 5) is 9.43. The molecule has 1 N–H and O–H groups in total. The highest BCUT2D eigenvalue weighted by atomic mass is 79.9. The summed E-state index contributed by atoms with van der Waals surface area (Å²) in [5, 5.41) is 4.54. The normalized spacial score (nSPS) is 11.2. The van der Waals surface area contributed by atoms with Crippen LogP contribution in [0.4, 0.5) is 5.82 Å². The molecular weight excluding hydrogens is 410 g/mol. The Balaban J connectivity index is 1.67. The first kappa shape index (κ1) is 18.6. The lowest BCUT2D eigenvalue weighted by molar-refractivity contribution is 0.891. The third kappa shape index (κ3) is 3.92. The van der Waals surface area contributed by atoms with Crippen LogP contribution in [0.3, 0.4) is 0 Å². The molecule has 0 aliphatic heterocycles. The van der Waals surface area contributed by atoms with Crippen LogP contribution in [0, 0.1) is 6.92 Å². The molecule has 4 rings (SSSR count). The zero-order chi connectivity index (χ0) is 19.7. The van der Waals surface area contributed by atoms with Gasteiger partial charge in [-0.1, -0.05) is 40.2 Å². The average Bonchev–Trinajstić information content (AvgIpc) is 2.68. The molecule has 0 aliphatic rings. The first-order valence-electron chi connectivity index (χ1n) is 9.40. The van der Waals surface area contributed by atoms with Gasteiger partial charge >= 0.3 is 0 Å². The standard InChI is InChI=1S/C24H22BrN3/c1-15(2)27-24-12-16(3)21-13-18(6-11-23(21)28-24)22-10-7-19(14-26-22)17-4-8-20(25)9-5-17/h4-15H,1-3H3,(H,27,28). The van der Waals surface area contributed by atoms with E-state index in [2.05, 4.69) is 90.5 Å². The van der Waals surface area contributed by atoms with Gasteiger partial charge in [-0.05, 0) is 68.3 Å². The zero-order valence-corrected chi connectivity index (χ0v) is 17.8. The summed E-state index contributed by atoms with van der Waals surface area (Å²) in [6.07, 6.45) is 1.93. The van der Waals surface area contributed by atoms with Crippen molar-refractivity contribution in [1.29, 1.82) is 0 Å². The molecule has 140 valence electrons. The molecule has 0 fully saturated rings. The summed E-state index contributed by atoms with van der Waals surface area (Å²) in [6, 6.07) is 21.3. The smallest absolute Gasteiger partial charge is 0.127 e. The van der Waals surface area contributed by atoms with Crippen LogP contribution in [-0.2, 0) is 0 Å². The summed E-state index contributed by atoms with van der Waals surface area (Å²) in [6.45, 7) is 6.37.